The third kappa shape index (κ3) is 4.57. The van der Waals surface area contributed by atoms with Crippen molar-refractivity contribution < 1.29 is 4.79 Å². The summed E-state index contributed by atoms with van der Waals surface area (Å²) in [5.74, 6) is 0.180. The Kier molecular flexibility index (Phi) is 6.24. The molecule has 1 aromatic carbocycles. The number of hydrogen-bond donors (Lipinski definition) is 1. The number of amides is 1. The van der Waals surface area contributed by atoms with Crippen molar-refractivity contribution in [3.8, 4) is 0 Å². The number of rotatable bonds is 5. The standard InChI is InChI=1S/C18H28N2O/c1-15-8-6-9-16(14-15)18(21)20(13-7-12-19)17-10-4-2-3-5-11-17/h6,8-9,14,17H,2-5,7,10-13,19H2,1H3. The number of nitrogens with zero attached hydrogens (tertiary/aromatic N) is 1. The molecule has 2 rings (SSSR count). The second-order valence-corrected chi connectivity index (χ2v) is 6.16. The molecule has 0 aliphatic heterocycles. The molecule has 2 N–H and O–H groups in total. The van der Waals surface area contributed by atoms with E-state index in [1.807, 2.05) is 31.2 Å². The number of hydrogen-bond acceptors (Lipinski definition) is 2. The van der Waals surface area contributed by atoms with E-state index in [1.165, 1.54) is 25.7 Å². The molecule has 1 aromatic rings. The Bertz CT molecular complexity index is 450. The van der Waals surface area contributed by atoms with Gasteiger partial charge in [0.2, 0.25) is 0 Å². The molecule has 0 radical (unpaired) electrons. The van der Waals surface area contributed by atoms with Gasteiger partial charge in [-0.05, 0) is 44.9 Å². The molecular formula is C18H28N2O. The molecule has 1 aliphatic carbocycles. The van der Waals surface area contributed by atoms with Gasteiger partial charge in [0.25, 0.3) is 5.91 Å². The van der Waals surface area contributed by atoms with Crippen LogP contribution < -0.4 is 5.73 Å². The van der Waals surface area contributed by atoms with Gasteiger partial charge in [0.05, 0.1) is 0 Å². The second-order valence-electron chi connectivity index (χ2n) is 6.16. The van der Waals surface area contributed by atoms with Gasteiger partial charge in [-0.1, -0.05) is 43.4 Å². The first kappa shape index (κ1) is 16.0. The van der Waals surface area contributed by atoms with Crippen LogP contribution in [0.2, 0.25) is 0 Å². The van der Waals surface area contributed by atoms with E-state index in [1.54, 1.807) is 0 Å². The Balaban J connectivity index is 2.15. The maximum atomic E-state index is 12.9. The molecule has 1 fully saturated rings. The van der Waals surface area contributed by atoms with Crippen molar-refractivity contribution in [1.82, 2.24) is 4.90 Å². The molecule has 0 bridgehead atoms. The van der Waals surface area contributed by atoms with Crippen LogP contribution in [-0.2, 0) is 0 Å². The molecule has 116 valence electrons. The van der Waals surface area contributed by atoms with Crippen LogP contribution in [-0.4, -0.2) is 29.9 Å². The van der Waals surface area contributed by atoms with Gasteiger partial charge < -0.3 is 10.6 Å². The summed E-state index contributed by atoms with van der Waals surface area (Å²) in [7, 11) is 0. The van der Waals surface area contributed by atoms with Crippen molar-refractivity contribution in [3.05, 3.63) is 35.4 Å². The summed E-state index contributed by atoms with van der Waals surface area (Å²) >= 11 is 0. The fourth-order valence-electron chi connectivity index (χ4n) is 3.22. The van der Waals surface area contributed by atoms with Gasteiger partial charge in [0.15, 0.2) is 0 Å². The Labute approximate surface area is 128 Å². The zero-order valence-electron chi connectivity index (χ0n) is 13.2. The first-order valence-electron chi connectivity index (χ1n) is 8.30. The van der Waals surface area contributed by atoms with Crippen molar-refractivity contribution in [2.45, 2.75) is 57.9 Å². The minimum Gasteiger partial charge on any atom is -0.336 e. The Morgan fingerprint density at radius 1 is 1.24 bits per heavy atom. The Morgan fingerprint density at radius 3 is 2.57 bits per heavy atom. The molecule has 1 amide bonds. The minimum atomic E-state index is 0.180. The maximum Gasteiger partial charge on any atom is 0.254 e. The molecule has 0 spiro atoms. The average molecular weight is 288 g/mol. The average Bonchev–Trinajstić information content (AvgIpc) is 2.77. The van der Waals surface area contributed by atoms with Crippen molar-refractivity contribution >= 4 is 5.91 Å². The van der Waals surface area contributed by atoms with E-state index in [4.69, 9.17) is 5.73 Å². The molecular weight excluding hydrogens is 260 g/mol. The van der Waals surface area contributed by atoms with E-state index in [2.05, 4.69) is 4.90 Å². The highest BCUT2D eigenvalue weighted by atomic mass is 16.2. The lowest BCUT2D eigenvalue weighted by molar-refractivity contribution is 0.0659. The summed E-state index contributed by atoms with van der Waals surface area (Å²) < 4.78 is 0. The lowest BCUT2D eigenvalue weighted by Gasteiger charge is -2.31. The molecule has 3 nitrogen and oxygen atoms in total. The largest absolute Gasteiger partial charge is 0.336 e. The van der Waals surface area contributed by atoms with Gasteiger partial charge in [-0.15, -0.1) is 0 Å². The van der Waals surface area contributed by atoms with Gasteiger partial charge in [-0.25, -0.2) is 0 Å². The quantitative estimate of drug-likeness (QED) is 0.843. The van der Waals surface area contributed by atoms with Crippen LogP contribution in [0.3, 0.4) is 0 Å². The van der Waals surface area contributed by atoms with Crippen molar-refractivity contribution in [2.24, 2.45) is 5.73 Å². The third-order valence-corrected chi connectivity index (χ3v) is 4.39. The molecule has 0 heterocycles. The van der Waals surface area contributed by atoms with E-state index >= 15 is 0 Å². The van der Waals surface area contributed by atoms with Crippen molar-refractivity contribution in [3.63, 3.8) is 0 Å². The molecule has 21 heavy (non-hydrogen) atoms. The highest BCUT2D eigenvalue weighted by molar-refractivity contribution is 5.94. The first-order valence-corrected chi connectivity index (χ1v) is 8.30. The fraction of sp³-hybridized carbons (Fsp3) is 0.611. The summed E-state index contributed by atoms with van der Waals surface area (Å²) in [4.78, 5) is 15.0. The maximum absolute atomic E-state index is 12.9. The number of aryl methyl sites for hydroxylation is 1. The van der Waals surface area contributed by atoms with E-state index < -0.39 is 0 Å². The molecule has 0 saturated heterocycles. The zero-order chi connectivity index (χ0) is 15.1. The number of benzene rings is 1. The number of nitrogens with two attached hydrogens (primary N) is 1. The summed E-state index contributed by atoms with van der Waals surface area (Å²) in [6.07, 6.45) is 8.26. The van der Waals surface area contributed by atoms with Crippen molar-refractivity contribution in [1.29, 1.82) is 0 Å². The van der Waals surface area contributed by atoms with E-state index in [0.717, 1.165) is 36.9 Å². The van der Waals surface area contributed by atoms with Gasteiger partial charge in [-0.2, -0.15) is 0 Å². The normalized spacial score (nSPS) is 16.5. The predicted molar refractivity (Wildman–Crippen MR) is 87.4 cm³/mol. The fourth-order valence-corrected chi connectivity index (χ4v) is 3.22. The van der Waals surface area contributed by atoms with Crippen LogP contribution in [0.1, 0.15) is 60.9 Å². The van der Waals surface area contributed by atoms with Crippen LogP contribution in [0.5, 0.6) is 0 Å². The Morgan fingerprint density at radius 2 is 1.95 bits per heavy atom. The molecule has 1 saturated carbocycles. The van der Waals surface area contributed by atoms with Gasteiger partial charge >= 0.3 is 0 Å². The van der Waals surface area contributed by atoms with Crippen molar-refractivity contribution in [2.75, 3.05) is 13.1 Å². The SMILES string of the molecule is Cc1cccc(C(=O)N(CCCN)C2CCCCCC2)c1. The summed E-state index contributed by atoms with van der Waals surface area (Å²) in [5.41, 5.74) is 7.62. The first-order chi connectivity index (χ1) is 10.2. The van der Waals surface area contributed by atoms with E-state index in [9.17, 15) is 4.79 Å². The number of carbonyl (C=O) groups is 1. The molecule has 0 aromatic heterocycles. The smallest absolute Gasteiger partial charge is 0.254 e. The summed E-state index contributed by atoms with van der Waals surface area (Å²) in [6, 6.07) is 8.33. The van der Waals surface area contributed by atoms with Crippen LogP contribution in [0.4, 0.5) is 0 Å². The summed E-state index contributed by atoms with van der Waals surface area (Å²) in [5, 5.41) is 0. The topological polar surface area (TPSA) is 46.3 Å². The molecule has 1 aliphatic rings. The zero-order valence-corrected chi connectivity index (χ0v) is 13.2. The minimum absolute atomic E-state index is 0.180. The van der Waals surface area contributed by atoms with Crippen LogP contribution >= 0.6 is 0 Å². The van der Waals surface area contributed by atoms with Crippen LogP contribution in [0.25, 0.3) is 0 Å². The highest BCUT2D eigenvalue weighted by Crippen LogP contribution is 2.23. The second kappa shape index (κ2) is 8.18. The molecule has 0 atom stereocenters. The van der Waals surface area contributed by atoms with E-state index in [-0.39, 0.29) is 5.91 Å². The molecule has 0 unspecified atom stereocenters. The van der Waals surface area contributed by atoms with Crippen LogP contribution in [0, 0.1) is 6.92 Å². The monoisotopic (exact) mass is 288 g/mol. The number of carbonyl (C=O) groups excluding carboxylic acids is 1. The van der Waals surface area contributed by atoms with Gasteiger partial charge in [-0.3, -0.25) is 4.79 Å². The third-order valence-electron chi connectivity index (χ3n) is 4.39. The van der Waals surface area contributed by atoms with Crippen LogP contribution in [0.15, 0.2) is 24.3 Å². The predicted octanol–water partition coefficient (Wildman–Crippen LogP) is 3.51. The molecule has 3 heteroatoms. The lowest BCUT2D eigenvalue weighted by atomic mass is 10.0. The summed E-state index contributed by atoms with van der Waals surface area (Å²) in [6.45, 7) is 3.46. The van der Waals surface area contributed by atoms with Gasteiger partial charge in [0.1, 0.15) is 0 Å². The Hall–Kier alpha value is -1.35. The van der Waals surface area contributed by atoms with Gasteiger partial charge in [0, 0.05) is 18.2 Å². The van der Waals surface area contributed by atoms with E-state index in [0.29, 0.717) is 12.6 Å². The lowest BCUT2D eigenvalue weighted by Crippen LogP contribution is -2.41. The highest BCUT2D eigenvalue weighted by Gasteiger charge is 2.25.